The van der Waals surface area contributed by atoms with Crippen molar-refractivity contribution < 1.29 is 39.5 Å². The zero-order valence-electron chi connectivity index (χ0n) is 13.9. The monoisotopic (exact) mass is 344 g/mol. The molecular weight excluding hydrogens is 320 g/mol. The predicted molar refractivity (Wildman–Crippen MR) is 78.8 cm³/mol. The molecule has 0 bridgehead atoms. The molecule has 0 amide bonds. The van der Waals surface area contributed by atoms with Crippen molar-refractivity contribution in [2.24, 2.45) is 17.3 Å². The van der Waals surface area contributed by atoms with Crippen LogP contribution in [-0.2, 0) is 19.1 Å². The lowest BCUT2D eigenvalue weighted by Gasteiger charge is -2.44. The molecule has 1 saturated heterocycles. The lowest BCUT2D eigenvalue weighted by molar-refractivity contribution is -0.324. The number of aliphatic hydroxyl groups is 3. The molecule has 1 unspecified atom stereocenters. The first-order chi connectivity index (χ1) is 11.0. The molecule has 8 heteroatoms. The molecule has 1 heterocycles. The molecule has 3 fully saturated rings. The largest absolute Gasteiger partial charge is 0.479 e. The maximum absolute atomic E-state index is 12.0. The standard InChI is InChI=1S/C16H24O8/c1-6-7-4-16(7,5-8(6)17)15(2,3)24-14-11(20)9(18)10(19)12(23-14)13(21)22/h6-7,9-12,14,18-20H,4-5H2,1-3H3,(H,21,22)/t6-,7+,9-,10-,11+,12-,14?,16+/m0/s1. The van der Waals surface area contributed by atoms with Gasteiger partial charge in [-0.15, -0.1) is 0 Å². The highest BCUT2D eigenvalue weighted by molar-refractivity contribution is 5.86. The lowest BCUT2D eigenvalue weighted by Crippen LogP contribution is -2.62. The molecule has 2 saturated carbocycles. The van der Waals surface area contributed by atoms with Crippen LogP contribution < -0.4 is 0 Å². The summed E-state index contributed by atoms with van der Waals surface area (Å²) in [6.07, 6.45) is -6.93. The highest BCUT2D eigenvalue weighted by Gasteiger charge is 2.71. The Morgan fingerprint density at radius 2 is 1.88 bits per heavy atom. The molecule has 136 valence electrons. The van der Waals surface area contributed by atoms with E-state index in [-0.39, 0.29) is 23.0 Å². The molecule has 24 heavy (non-hydrogen) atoms. The molecular formula is C16H24O8. The average molecular weight is 344 g/mol. The molecule has 2 aliphatic carbocycles. The smallest absolute Gasteiger partial charge is 0.335 e. The van der Waals surface area contributed by atoms with E-state index in [0.717, 1.165) is 6.42 Å². The summed E-state index contributed by atoms with van der Waals surface area (Å²) in [5.41, 5.74) is -1.21. The summed E-state index contributed by atoms with van der Waals surface area (Å²) < 4.78 is 11.0. The number of carbonyl (C=O) groups is 2. The van der Waals surface area contributed by atoms with Gasteiger partial charge in [0.2, 0.25) is 0 Å². The number of aliphatic hydroxyl groups excluding tert-OH is 3. The number of fused-ring (bicyclic) bond motifs is 1. The van der Waals surface area contributed by atoms with Crippen molar-refractivity contribution in [3.63, 3.8) is 0 Å². The summed E-state index contributed by atoms with van der Waals surface area (Å²) in [7, 11) is 0. The van der Waals surface area contributed by atoms with E-state index in [1.54, 1.807) is 13.8 Å². The lowest BCUT2D eigenvalue weighted by atomic mass is 9.84. The van der Waals surface area contributed by atoms with Crippen LogP contribution in [0, 0.1) is 17.3 Å². The highest BCUT2D eigenvalue weighted by Crippen LogP contribution is 2.70. The van der Waals surface area contributed by atoms with Crippen molar-refractivity contribution in [3.8, 4) is 0 Å². The van der Waals surface area contributed by atoms with Gasteiger partial charge in [0.25, 0.3) is 0 Å². The molecule has 1 aliphatic heterocycles. The first-order valence-electron chi connectivity index (χ1n) is 8.15. The minimum atomic E-state index is -1.75. The van der Waals surface area contributed by atoms with E-state index in [1.165, 1.54) is 0 Å². The average Bonchev–Trinajstić information content (AvgIpc) is 3.16. The van der Waals surface area contributed by atoms with Crippen LogP contribution in [-0.4, -0.2) is 68.5 Å². The van der Waals surface area contributed by atoms with Crippen LogP contribution in [0.4, 0.5) is 0 Å². The molecule has 0 radical (unpaired) electrons. The predicted octanol–water partition coefficient (Wildman–Crippen LogP) is -0.711. The number of carbonyl (C=O) groups excluding carboxylic acids is 1. The normalized spacial score (nSPS) is 48.2. The van der Waals surface area contributed by atoms with Crippen molar-refractivity contribution in [1.29, 1.82) is 0 Å². The fraction of sp³-hybridized carbons (Fsp3) is 0.875. The molecule has 3 rings (SSSR count). The van der Waals surface area contributed by atoms with Gasteiger partial charge >= 0.3 is 5.97 Å². The van der Waals surface area contributed by atoms with Gasteiger partial charge in [0, 0.05) is 17.8 Å². The topological polar surface area (TPSA) is 134 Å². The fourth-order valence-corrected chi connectivity index (χ4v) is 4.35. The number of ether oxygens (including phenoxy) is 2. The van der Waals surface area contributed by atoms with Gasteiger partial charge in [0.1, 0.15) is 24.1 Å². The quantitative estimate of drug-likeness (QED) is 0.525. The second kappa shape index (κ2) is 5.47. The first kappa shape index (κ1) is 17.8. The van der Waals surface area contributed by atoms with Crippen LogP contribution in [0.3, 0.4) is 0 Å². The third kappa shape index (κ3) is 2.40. The molecule has 8 atom stereocenters. The van der Waals surface area contributed by atoms with Crippen LogP contribution in [0.5, 0.6) is 0 Å². The summed E-state index contributed by atoms with van der Waals surface area (Å²) >= 11 is 0. The van der Waals surface area contributed by atoms with E-state index in [0.29, 0.717) is 6.42 Å². The van der Waals surface area contributed by atoms with Crippen molar-refractivity contribution in [3.05, 3.63) is 0 Å². The second-order valence-corrected chi connectivity index (χ2v) is 7.76. The molecule has 4 N–H and O–H groups in total. The number of carboxylic acids is 1. The van der Waals surface area contributed by atoms with Gasteiger partial charge < -0.3 is 29.9 Å². The zero-order chi connectivity index (χ0) is 18.0. The summed E-state index contributed by atoms with van der Waals surface area (Å²) in [6.45, 7) is 5.45. The van der Waals surface area contributed by atoms with Crippen molar-refractivity contribution in [1.82, 2.24) is 0 Å². The Hall–Kier alpha value is -1.06. The van der Waals surface area contributed by atoms with Gasteiger partial charge in [0.05, 0.1) is 5.60 Å². The number of aliphatic carboxylic acids is 1. The molecule has 0 aromatic heterocycles. The minimum Gasteiger partial charge on any atom is -0.479 e. The number of hydrogen-bond donors (Lipinski definition) is 4. The Balaban J connectivity index is 1.77. The van der Waals surface area contributed by atoms with E-state index in [9.17, 15) is 24.9 Å². The third-order valence-corrected chi connectivity index (χ3v) is 6.16. The Bertz CT molecular complexity index is 560. The van der Waals surface area contributed by atoms with E-state index in [4.69, 9.17) is 14.6 Å². The molecule has 3 aliphatic rings. The van der Waals surface area contributed by atoms with Crippen molar-refractivity contribution in [2.45, 2.75) is 69.9 Å². The summed E-state index contributed by atoms with van der Waals surface area (Å²) in [5, 5.41) is 38.8. The Morgan fingerprint density at radius 3 is 2.38 bits per heavy atom. The number of Topliss-reactive ketones (excluding diaryl/α,β-unsaturated/α-hetero) is 1. The number of carboxylic acid groups (broad SMARTS) is 1. The Labute approximate surface area is 139 Å². The molecule has 0 spiro atoms. The van der Waals surface area contributed by atoms with Crippen LogP contribution in [0.25, 0.3) is 0 Å². The van der Waals surface area contributed by atoms with Gasteiger partial charge in [-0.2, -0.15) is 0 Å². The Kier molecular flexibility index (Phi) is 4.05. The number of ketones is 1. The molecule has 8 nitrogen and oxygen atoms in total. The summed E-state index contributed by atoms with van der Waals surface area (Å²) in [4.78, 5) is 23.1. The van der Waals surface area contributed by atoms with Gasteiger partial charge in [-0.1, -0.05) is 6.92 Å². The van der Waals surface area contributed by atoms with Gasteiger partial charge in [-0.3, -0.25) is 4.79 Å². The van der Waals surface area contributed by atoms with E-state index in [2.05, 4.69) is 0 Å². The van der Waals surface area contributed by atoms with Crippen LogP contribution in [0.2, 0.25) is 0 Å². The number of hydrogen-bond acceptors (Lipinski definition) is 7. The van der Waals surface area contributed by atoms with E-state index in [1.807, 2.05) is 6.92 Å². The maximum Gasteiger partial charge on any atom is 0.335 e. The fourth-order valence-electron chi connectivity index (χ4n) is 4.35. The van der Waals surface area contributed by atoms with Crippen LogP contribution in [0.1, 0.15) is 33.6 Å². The molecule has 0 aromatic rings. The van der Waals surface area contributed by atoms with Gasteiger partial charge in [0.15, 0.2) is 12.4 Å². The summed E-state index contributed by atoms with van der Waals surface area (Å²) in [6, 6.07) is 0. The first-order valence-corrected chi connectivity index (χ1v) is 8.15. The Morgan fingerprint density at radius 1 is 1.25 bits per heavy atom. The third-order valence-electron chi connectivity index (χ3n) is 6.16. The van der Waals surface area contributed by atoms with E-state index < -0.39 is 42.3 Å². The zero-order valence-corrected chi connectivity index (χ0v) is 13.9. The van der Waals surface area contributed by atoms with Crippen LogP contribution in [0.15, 0.2) is 0 Å². The van der Waals surface area contributed by atoms with Crippen molar-refractivity contribution in [2.75, 3.05) is 0 Å². The maximum atomic E-state index is 12.0. The van der Waals surface area contributed by atoms with E-state index >= 15 is 0 Å². The number of rotatable bonds is 4. The molecule has 0 aromatic carbocycles. The van der Waals surface area contributed by atoms with Gasteiger partial charge in [-0.25, -0.2) is 4.79 Å². The SMILES string of the molecule is C[C@@H]1C(=O)C[C@]2(C(C)(C)OC3O[C@H](C(=O)O)[C@@H](O)[C@H](O)[C@H]3O)C[C@H]12. The van der Waals surface area contributed by atoms with Gasteiger partial charge in [-0.05, 0) is 26.2 Å². The highest BCUT2D eigenvalue weighted by atomic mass is 16.7. The minimum absolute atomic E-state index is 0.0377. The summed E-state index contributed by atoms with van der Waals surface area (Å²) in [5.74, 6) is -1.12. The van der Waals surface area contributed by atoms with Crippen LogP contribution >= 0.6 is 0 Å². The second-order valence-electron chi connectivity index (χ2n) is 7.76. The van der Waals surface area contributed by atoms with Crippen molar-refractivity contribution >= 4 is 11.8 Å².